The van der Waals surface area contributed by atoms with Gasteiger partial charge in [-0.15, -0.1) is 0 Å². The van der Waals surface area contributed by atoms with E-state index in [9.17, 15) is 0 Å². The lowest BCUT2D eigenvalue weighted by atomic mass is 10.1. The second-order valence-corrected chi connectivity index (χ2v) is 3.76. The van der Waals surface area contributed by atoms with Crippen LogP contribution in [0, 0.1) is 13.8 Å². The predicted octanol–water partition coefficient (Wildman–Crippen LogP) is 2.15. The van der Waals surface area contributed by atoms with Gasteiger partial charge in [-0.1, -0.05) is 6.07 Å². The van der Waals surface area contributed by atoms with Crippen LogP contribution >= 0.6 is 0 Å². The molecule has 0 saturated heterocycles. The van der Waals surface area contributed by atoms with Crippen LogP contribution in [0.5, 0.6) is 5.75 Å². The number of nitrogens with one attached hydrogen (secondary N) is 1. The molecule has 1 heterocycles. The fraction of sp³-hybridized carbons (Fsp3) is 0.250. The fourth-order valence-corrected chi connectivity index (χ4v) is 1.89. The van der Waals surface area contributed by atoms with E-state index in [2.05, 4.69) is 10.4 Å². The van der Waals surface area contributed by atoms with Crippen molar-refractivity contribution < 1.29 is 4.74 Å². The number of nitrogen functional groups attached to an aromatic ring is 1. The number of methoxy groups -OCH3 is 1. The first-order chi connectivity index (χ1) is 7.67. The molecule has 4 heteroatoms. The highest BCUT2D eigenvalue weighted by atomic mass is 16.5. The molecule has 84 valence electrons. The largest absolute Gasteiger partial charge is 0.494 e. The summed E-state index contributed by atoms with van der Waals surface area (Å²) in [6.45, 7) is 3.96. The molecule has 0 bridgehead atoms. The minimum Gasteiger partial charge on any atom is -0.494 e. The number of rotatable bonds is 2. The van der Waals surface area contributed by atoms with Gasteiger partial charge in [0.15, 0.2) is 0 Å². The molecule has 4 nitrogen and oxygen atoms in total. The third kappa shape index (κ3) is 1.57. The summed E-state index contributed by atoms with van der Waals surface area (Å²) in [4.78, 5) is 4.50. The minimum atomic E-state index is 0.765. The summed E-state index contributed by atoms with van der Waals surface area (Å²) in [5.41, 5.74) is 6.45. The van der Waals surface area contributed by atoms with Crippen molar-refractivity contribution in [2.75, 3.05) is 12.5 Å². The van der Waals surface area contributed by atoms with Gasteiger partial charge < -0.3 is 10.2 Å². The molecule has 0 aliphatic rings. The summed E-state index contributed by atoms with van der Waals surface area (Å²) >= 11 is 0. The summed E-state index contributed by atoms with van der Waals surface area (Å²) < 4.78 is 5.31. The van der Waals surface area contributed by atoms with Gasteiger partial charge in [0.1, 0.15) is 11.3 Å². The van der Waals surface area contributed by atoms with Crippen molar-refractivity contribution >= 4 is 16.6 Å². The van der Waals surface area contributed by atoms with E-state index < -0.39 is 0 Å². The quantitative estimate of drug-likeness (QED) is 0.597. The zero-order chi connectivity index (χ0) is 11.7. The second-order valence-electron chi connectivity index (χ2n) is 3.76. The maximum Gasteiger partial charge on any atom is 0.145 e. The lowest BCUT2D eigenvalue weighted by Crippen LogP contribution is -2.08. The smallest absolute Gasteiger partial charge is 0.145 e. The molecule has 2 rings (SSSR count). The monoisotopic (exact) mass is 217 g/mol. The van der Waals surface area contributed by atoms with Gasteiger partial charge in [0, 0.05) is 11.1 Å². The lowest BCUT2D eigenvalue weighted by molar-refractivity contribution is 0.419. The molecule has 0 spiro atoms. The highest BCUT2D eigenvalue weighted by Gasteiger charge is 2.10. The maximum atomic E-state index is 5.53. The van der Waals surface area contributed by atoms with Crippen molar-refractivity contribution in [1.82, 2.24) is 4.98 Å². The van der Waals surface area contributed by atoms with Crippen molar-refractivity contribution in [3.05, 3.63) is 29.5 Å². The number of ether oxygens (including phenoxy) is 1. The number of pyridine rings is 1. The van der Waals surface area contributed by atoms with E-state index in [1.807, 2.05) is 32.0 Å². The van der Waals surface area contributed by atoms with Crippen molar-refractivity contribution in [2.45, 2.75) is 13.8 Å². The van der Waals surface area contributed by atoms with Crippen molar-refractivity contribution in [3.63, 3.8) is 0 Å². The Morgan fingerprint density at radius 2 is 2.06 bits per heavy atom. The molecule has 16 heavy (non-hydrogen) atoms. The molecular formula is C12H15N3O. The Morgan fingerprint density at radius 1 is 1.31 bits per heavy atom. The van der Waals surface area contributed by atoms with E-state index in [0.29, 0.717) is 0 Å². The number of nitrogens with zero attached hydrogens (tertiary/aromatic N) is 1. The molecule has 0 radical (unpaired) electrons. The summed E-state index contributed by atoms with van der Waals surface area (Å²) in [5.74, 6) is 6.29. The Kier molecular flexibility index (Phi) is 2.66. The number of benzene rings is 1. The van der Waals surface area contributed by atoms with Crippen LogP contribution in [0.25, 0.3) is 10.9 Å². The van der Waals surface area contributed by atoms with E-state index in [4.69, 9.17) is 10.6 Å². The first kappa shape index (κ1) is 10.7. The Hall–Kier alpha value is -1.81. The number of hydrogen-bond acceptors (Lipinski definition) is 4. The van der Waals surface area contributed by atoms with Crippen molar-refractivity contribution in [3.8, 4) is 5.75 Å². The zero-order valence-electron chi connectivity index (χ0n) is 9.66. The zero-order valence-corrected chi connectivity index (χ0v) is 9.66. The molecule has 1 aromatic heterocycles. The molecule has 0 amide bonds. The van der Waals surface area contributed by atoms with Crippen LogP contribution in [0.15, 0.2) is 18.2 Å². The van der Waals surface area contributed by atoms with Gasteiger partial charge in [0.2, 0.25) is 0 Å². The number of hydrazine groups is 1. The molecule has 0 aliphatic heterocycles. The SMILES string of the molecule is COc1ccc(C)c2c(NN)cc(C)nc12. The summed E-state index contributed by atoms with van der Waals surface area (Å²) in [6.07, 6.45) is 0. The fourth-order valence-electron chi connectivity index (χ4n) is 1.89. The van der Waals surface area contributed by atoms with Crippen LogP contribution in [-0.2, 0) is 0 Å². The van der Waals surface area contributed by atoms with Crippen molar-refractivity contribution in [2.24, 2.45) is 5.84 Å². The lowest BCUT2D eigenvalue weighted by Gasteiger charge is -2.12. The van der Waals surface area contributed by atoms with Gasteiger partial charge in [-0.25, -0.2) is 4.98 Å². The van der Waals surface area contributed by atoms with Gasteiger partial charge in [-0.2, -0.15) is 0 Å². The minimum absolute atomic E-state index is 0.765. The van der Waals surface area contributed by atoms with Crippen molar-refractivity contribution in [1.29, 1.82) is 0 Å². The van der Waals surface area contributed by atoms with E-state index in [1.165, 1.54) is 0 Å². The number of nitrogens with two attached hydrogens (primary N) is 1. The van der Waals surface area contributed by atoms with E-state index >= 15 is 0 Å². The molecule has 3 N–H and O–H groups in total. The standard InChI is InChI=1S/C12H15N3O/c1-7-4-5-10(16-3)12-11(7)9(15-13)6-8(2)14-12/h4-6H,13H2,1-3H3,(H,14,15). The van der Waals surface area contributed by atoms with Crippen LogP contribution < -0.4 is 16.0 Å². The predicted molar refractivity (Wildman–Crippen MR) is 65.6 cm³/mol. The topological polar surface area (TPSA) is 60.2 Å². The summed E-state index contributed by atoms with van der Waals surface area (Å²) in [7, 11) is 1.64. The van der Waals surface area contributed by atoms with Gasteiger partial charge in [-0.05, 0) is 31.5 Å². The number of aromatic nitrogens is 1. The Morgan fingerprint density at radius 3 is 2.69 bits per heavy atom. The van der Waals surface area contributed by atoms with Crippen LogP contribution in [0.2, 0.25) is 0 Å². The highest BCUT2D eigenvalue weighted by molar-refractivity contribution is 5.97. The second kappa shape index (κ2) is 3.98. The van der Waals surface area contributed by atoms with Crippen LogP contribution in [0.4, 0.5) is 5.69 Å². The molecule has 0 fully saturated rings. The van der Waals surface area contributed by atoms with Gasteiger partial charge >= 0.3 is 0 Å². The van der Waals surface area contributed by atoms with Gasteiger partial charge in [0.05, 0.1) is 12.8 Å². The first-order valence-electron chi connectivity index (χ1n) is 5.09. The Labute approximate surface area is 94.4 Å². The highest BCUT2D eigenvalue weighted by Crippen LogP contribution is 2.32. The average Bonchev–Trinajstić information content (AvgIpc) is 2.28. The molecule has 0 unspecified atom stereocenters. The van der Waals surface area contributed by atoms with Crippen LogP contribution in [0.3, 0.4) is 0 Å². The van der Waals surface area contributed by atoms with Crippen LogP contribution in [-0.4, -0.2) is 12.1 Å². The van der Waals surface area contributed by atoms with E-state index in [0.717, 1.165) is 33.6 Å². The third-order valence-corrected chi connectivity index (χ3v) is 2.64. The Balaban J connectivity index is 2.91. The molecule has 0 saturated carbocycles. The third-order valence-electron chi connectivity index (χ3n) is 2.64. The van der Waals surface area contributed by atoms with Gasteiger partial charge in [-0.3, -0.25) is 5.84 Å². The van der Waals surface area contributed by atoms with Crippen LogP contribution in [0.1, 0.15) is 11.3 Å². The summed E-state index contributed by atoms with van der Waals surface area (Å²) in [5, 5.41) is 1.01. The molecule has 0 atom stereocenters. The normalized spacial score (nSPS) is 10.5. The van der Waals surface area contributed by atoms with E-state index in [-0.39, 0.29) is 0 Å². The number of fused-ring (bicyclic) bond motifs is 1. The molecular weight excluding hydrogens is 202 g/mol. The summed E-state index contributed by atoms with van der Waals surface area (Å²) in [6, 6.07) is 5.85. The van der Waals surface area contributed by atoms with Gasteiger partial charge in [0.25, 0.3) is 0 Å². The molecule has 1 aromatic carbocycles. The number of aryl methyl sites for hydroxylation is 2. The average molecular weight is 217 g/mol. The maximum absolute atomic E-state index is 5.53. The molecule has 0 aliphatic carbocycles. The number of anilines is 1. The first-order valence-corrected chi connectivity index (χ1v) is 5.09. The Bertz CT molecular complexity index is 537. The number of hydrogen-bond donors (Lipinski definition) is 2. The van der Waals surface area contributed by atoms with E-state index in [1.54, 1.807) is 7.11 Å². The molecule has 2 aromatic rings.